The average molecular weight is 209 g/mol. The van der Waals surface area contributed by atoms with Crippen molar-refractivity contribution in [2.75, 3.05) is 13.7 Å². The molecule has 1 aliphatic heterocycles. The van der Waals surface area contributed by atoms with Crippen molar-refractivity contribution in [3.05, 3.63) is 35.1 Å². The third kappa shape index (κ3) is 2.55. The quantitative estimate of drug-likeness (QED) is 0.817. The van der Waals surface area contributed by atoms with Crippen molar-refractivity contribution >= 4 is 0 Å². The van der Waals surface area contributed by atoms with Crippen LogP contribution in [0.2, 0.25) is 0 Å². The van der Waals surface area contributed by atoms with E-state index in [1.54, 1.807) is 13.2 Å². The van der Waals surface area contributed by atoms with Crippen LogP contribution in [-0.2, 0) is 17.8 Å². The second-order valence-electron chi connectivity index (χ2n) is 3.99. The molecular weight excluding hydrogens is 193 g/mol. The molecule has 1 aromatic carbocycles. The number of methoxy groups -OCH3 is 1. The predicted octanol–water partition coefficient (Wildman–Crippen LogP) is 1.88. The van der Waals surface area contributed by atoms with Gasteiger partial charge in [-0.1, -0.05) is 6.07 Å². The van der Waals surface area contributed by atoms with E-state index in [-0.39, 0.29) is 5.82 Å². The summed E-state index contributed by atoms with van der Waals surface area (Å²) in [5, 5.41) is 3.34. The molecule has 82 valence electrons. The van der Waals surface area contributed by atoms with Gasteiger partial charge in [0.05, 0.1) is 6.61 Å². The monoisotopic (exact) mass is 209 g/mol. The molecular formula is C12H16FNO. The van der Waals surface area contributed by atoms with E-state index in [1.807, 2.05) is 6.07 Å². The molecule has 1 aliphatic rings. The molecule has 2 rings (SSSR count). The Morgan fingerprint density at radius 1 is 1.47 bits per heavy atom. The van der Waals surface area contributed by atoms with Crippen LogP contribution in [0.25, 0.3) is 0 Å². The van der Waals surface area contributed by atoms with Crippen LogP contribution in [0.15, 0.2) is 18.2 Å². The Balaban J connectivity index is 2.12. The van der Waals surface area contributed by atoms with Gasteiger partial charge in [0.1, 0.15) is 5.82 Å². The lowest BCUT2D eigenvalue weighted by molar-refractivity contribution is 0.183. The minimum absolute atomic E-state index is 0.188. The molecule has 1 saturated heterocycles. The molecule has 0 unspecified atom stereocenters. The molecule has 15 heavy (non-hydrogen) atoms. The second-order valence-corrected chi connectivity index (χ2v) is 3.99. The van der Waals surface area contributed by atoms with E-state index in [2.05, 4.69) is 5.32 Å². The van der Waals surface area contributed by atoms with Gasteiger partial charge in [-0.15, -0.1) is 0 Å². The summed E-state index contributed by atoms with van der Waals surface area (Å²) in [5.41, 5.74) is 2.15. The first-order valence-electron chi connectivity index (χ1n) is 5.29. The highest BCUT2D eigenvalue weighted by atomic mass is 19.1. The van der Waals surface area contributed by atoms with Gasteiger partial charge >= 0.3 is 0 Å². The Morgan fingerprint density at radius 2 is 2.27 bits per heavy atom. The fraction of sp³-hybridized carbons (Fsp3) is 0.500. The Morgan fingerprint density at radius 3 is 2.87 bits per heavy atom. The first-order chi connectivity index (χ1) is 7.29. The van der Waals surface area contributed by atoms with Crippen LogP contribution in [0.3, 0.4) is 0 Å². The first-order valence-corrected chi connectivity index (χ1v) is 5.29. The van der Waals surface area contributed by atoms with Crippen molar-refractivity contribution in [3.63, 3.8) is 0 Å². The summed E-state index contributed by atoms with van der Waals surface area (Å²) in [6.45, 7) is 1.59. The van der Waals surface area contributed by atoms with Gasteiger partial charge in [0, 0.05) is 13.2 Å². The van der Waals surface area contributed by atoms with Crippen LogP contribution < -0.4 is 5.32 Å². The zero-order valence-corrected chi connectivity index (χ0v) is 8.92. The molecule has 1 N–H and O–H groups in total. The van der Waals surface area contributed by atoms with E-state index in [0.717, 1.165) is 18.5 Å². The largest absolute Gasteiger partial charge is 0.380 e. The second kappa shape index (κ2) is 4.73. The van der Waals surface area contributed by atoms with Gasteiger partial charge in [-0.25, -0.2) is 4.39 Å². The van der Waals surface area contributed by atoms with Crippen LogP contribution in [0, 0.1) is 5.82 Å². The molecule has 1 heterocycles. The lowest BCUT2D eigenvalue weighted by atomic mass is 9.95. The molecule has 0 spiro atoms. The van der Waals surface area contributed by atoms with E-state index in [0.29, 0.717) is 12.6 Å². The van der Waals surface area contributed by atoms with Crippen molar-refractivity contribution < 1.29 is 9.13 Å². The summed E-state index contributed by atoms with van der Waals surface area (Å²) in [6.07, 6.45) is 2.18. The maximum absolute atomic E-state index is 13.0. The van der Waals surface area contributed by atoms with Crippen LogP contribution in [-0.4, -0.2) is 19.7 Å². The fourth-order valence-electron chi connectivity index (χ4n) is 1.87. The summed E-state index contributed by atoms with van der Waals surface area (Å²) >= 11 is 0. The predicted molar refractivity (Wildman–Crippen MR) is 57.2 cm³/mol. The molecule has 1 atom stereocenters. The fourth-order valence-corrected chi connectivity index (χ4v) is 1.87. The molecule has 0 bridgehead atoms. The molecule has 1 fully saturated rings. The van der Waals surface area contributed by atoms with Gasteiger partial charge < -0.3 is 10.1 Å². The summed E-state index contributed by atoms with van der Waals surface area (Å²) in [6, 6.07) is 5.51. The minimum Gasteiger partial charge on any atom is -0.380 e. The highest BCUT2D eigenvalue weighted by molar-refractivity contribution is 5.28. The standard InChI is InChI=1S/C12H16FNO/c1-15-8-10-6-11(13)3-2-9(10)7-12-4-5-14-12/h2-3,6,12,14H,4-5,7-8H2,1H3/t12-/m1/s1. The SMILES string of the molecule is COCc1cc(F)ccc1C[C@H]1CCN1. The zero-order valence-electron chi connectivity index (χ0n) is 8.92. The summed E-state index contributed by atoms with van der Waals surface area (Å²) < 4.78 is 18.1. The Kier molecular flexibility index (Phi) is 3.34. The molecule has 0 amide bonds. The summed E-state index contributed by atoms with van der Waals surface area (Å²) in [5.74, 6) is -0.188. The van der Waals surface area contributed by atoms with Crippen molar-refractivity contribution in [2.45, 2.75) is 25.5 Å². The first kappa shape index (κ1) is 10.6. The van der Waals surface area contributed by atoms with Gasteiger partial charge in [0.25, 0.3) is 0 Å². The van der Waals surface area contributed by atoms with E-state index in [1.165, 1.54) is 18.1 Å². The van der Waals surface area contributed by atoms with E-state index < -0.39 is 0 Å². The van der Waals surface area contributed by atoms with Gasteiger partial charge in [-0.05, 0) is 42.6 Å². The van der Waals surface area contributed by atoms with Gasteiger partial charge in [0.2, 0.25) is 0 Å². The number of hydrogen-bond acceptors (Lipinski definition) is 2. The summed E-state index contributed by atoms with van der Waals surface area (Å²) in [4.78, 5) is 0. The lowest BCUT2D eigenvalue weighted by Gasteiger charge is -2.28. The van der Waals surface area contributed by atoms with Gasteiger partial charge in [-0.3, -0.25) is 0 Å². The third-order valence-corrected chi connectivity index (χ3v) is 2.86. The Hall–Kier alpha value is -0.930. The van der Waals surface area contributed by atoms with Crippen molar-refractivity contribution in [1.82, 2.24) is 5.32 Å². The maximum atomic E-state index is 13.0. The van der Waals surface area contributed by atoms with Crippen molar-refractivity contribution in [1.29, 1.82) is 0 Å². The van der Waals surface area contributed by atoms with Crippen LogP contribution in [0.4, 0.5) is 4.39 Å². The minimum atomic E-state index is -0.188. The van der Waals surface area contributed by atoms with Crippen LogP contribution in [0.1, 0.15) is 17.5 Å². The highest BCUT2D eigenvalue weighted by Crippen LogP contribution is 2.17. The van der Waals surface area contributed by atoms with Crippen molar-refractivity contribution in [2.24, 2.45) is 0 Å². The van der Waals surface area contributed by atoms with Crippen LogP contribution in [0.5, 0.6) is 0 Å². The summed E-state index contributed by atoms with van der Waals surface area (Å²) in [7, 11) is 1.64. The smallest absolute Gasteiger partial charge is 0.123 e. The highest BCUT2D eigenvalue weighted by Gasteiger charge is 2.18. The zero-order chi connectivity index (χ0) is 10.7. The normalized spacial score (nSPS) is 20.0. The molecule has 0 aliphatic carbocycles. The Bertz CT molecular complexity index is 336. The number of halogens is 1. The van der Waals surface area contributed by atoms with Crippen LogP contribution >= 0.6 is 0 Å². The van der Waals surface area contributed by atoms with E-state index >= 15 is 0 Å². The van der Waals surface area contributed by atoms with E-state index in [9.17, 15) is 4.39 Å². The Labute approximate surface area is 89.4 Å². The molecule has 2 nitrogen and oxygen atoms in total. The lowest BCUT2D eigenvalue weighted by Crippen LogP contribution is -2.44. The number of ether oxygens (including phenoxy) is 1. The van der Waals surface area contributed by atoms with E-state index in [4.69, 9.17) is 4.74 Å². The molecule has 0 radical (unpaired) electrons. The number of nitrogens with one attached hydrogen (secondary N) is 1. The number of rotatable bonds is 4. The molecule has 0 saturated carbocycles. The number of hydrogen-bond donors (Lipinski definition) is 1. The van der Waals surface area contributed by atoms with Crippen molar-refractivity contribution in [3.8, 4) is 0 Å². The number of benzene rings is 1. The maximum Gasteiger partial charge on any atom is 0.123 e. The van der Waals surface area contributed by atoms with Gasteiger partial charge in [0.15, 0.2) is 0 Å². The average Bonchev–Trinajstić information content (AvgIpc) is 2.14. The molecule has 3 heteroatoms. The van der Waals surface area contributed by atoms with Gasteiger partial charge in [-0.2, -0.15) is 0 Å². The molecule has 0 aromatic heterocycles. The topological polar surface area (TPSA) is 21.3 Å². The third-order valence-electron chi connectivity index (χ3n) is 2.86. The molecule has 1 aromatic rings.